The third-order valence-electron chi connectivity index (χ3n) is 1.57. The summed E-state index contributed by atoms with van der Waals surface area (Å²) >= 11 is 7.97. The largest absolute Gasteiger partial charge is 0.478 e. The van der Waals surface area contributed by atoms with Gasteiger partial charge < -0.3 is 10.4 Å². The zero-order valence-electron chi connectivity index (χ0n) is 7.91. The summed E-state index contributed by atoms with van der Waals surface area (Å²) in [7, 11) is 0. The van der Waals surface area contributed by atoms with Gasteiger partial charge in [-0.3, -0.25) is 4.79 Å². The molecule has 1 amide bonds. The Labute approximate surface area is 110 Å². The van der Waals surface area contributed by atoms with E-state index in [0.717, 1.165) is 15.7 Å². The third-order valence-corrected chi connectivity index (χ3v) is 2.55. The summed E-state index contributed by atoms with van der Waals surface area (Å²) in [6.07, 6.45) is 1.69. The lowest BCUT2D eigenvalue weighted by molar-refractivity contribution is -0.131. The lowest BCUT2D eigenvalue weighted by Crippen LogP contribution is -2.09. The SMILES string of the molecule is O=C(O)/C=C/C(=O)Nc1ccc(I)cc1Cl. The first-order chi connectivity index (χ1) is 7.49. The van der Waals surface area contributed by atoms with Crippen LogP contribution in [0.5, 0.6) is 0 Å². The summed E-state index contributed by atoms with van der Waals surface area (Å²) in [4.78, 5) is 21.4. The number of hydrogen-bond donors (Lipinski definition) is 2. The average Bonchev–Trinajstić information content (AvgIpc) is 2.19. The molecule has 0 atom stereocenters. The molecule has 0 heterocycles. The number of hydrogen-bond acceptors (Lipinski definition) is 2. The van der Waals surface area contributed by atoms with Crippen molar-refractivity contribution in [1.29, 1.82) is 0 Å². The van der Waals surface area contributed by atoms with Gasteiger partial charge in [0.1, 0.15) is 0 Å². The van der Waals surface area contributed by atoms with Gasteiger partial charge in [-0.05, 0) is 40.8 Å². The molecule has 6 heteroatoms. The highest BCUT2D eigenvalue weighted by atomic mass is 127. The van der Waals surface area contributed by atoms with Gasteiger partial charge in [-0.2, -0.15) is 0 Å². The molecular formula is C10H7ClINO3. The van der Waals surface area contributed by atoms with Crippen LogP contribution in [0, 0.1) is 3.57 Å². The maximum absolute atomic E-state index is 11.2. The maximum atomic E-state index is 11.2. The van der Waals surface area contributed by atoms with Crippen molar-refractivity contribution in [3.63, 3.8) is 0 Å². The number of benzene rings is 1. The van der Waals surface area contributed by atoms with Gasteiger partial charge in [-0.1, -0.05) is 11.6 Å². The van der Waals surface area contributed by atoms with Crippen molar-refractivity contribution in [3.05, 3.63) is 38.9 Å². The standard InChI is InChI=1S/C10H7ClINO3/c11-7-5-6(12)1-2-8(7)13-9(14)3-4-10(15)16/h1-5H,(H,13,14)(H,15,16)/b4-3+. The topological polar surface area (TPSA) is 66.4 Å². The number of carboxylic acid groups (broad SMARTS) is 1. The second-order valence-corrected chi connectivity index (χ2v) is 4.44. The molecule has 84 valence electrons. The molecule has 0 aliphatic rings. The number of nitrogens with one attached hydrogen (secondary N) is 1. The van der Waals surface area contributed by atoms with E-state index in [0.29, 0.717) is 10.7 Å². The van der Waals surface area contributed by atoms with E-state index in [1.54, 1.807) is 18.2 Å². The molecule has 0 aliphatic heterocycles. The van der Waals surface area contributed by atoms with E-state index in [-0.39, 0.29) is 0 Å². The van der Waals surface area contributed by atoms with Crippen LogP contribution in [-0.4, -0.2) is 17.0 Å². The van der Waals surface area contributed by atoms with Gasteiger partial charge in [-0.15, -0.1) is 0 Å². The Morgan fingerprint density at radius 3 is 2.62 bits per heavy atom. The van der Waals surface area contributed by atoms with Crippen LogP contribution >= 0.6 is 34.2 Å². The maximum Gasteiger partial charge on any atom is 0.328 e. The molecule has 0 saturated heterocycles. The molecule has 0 bridgehead atoms. The first kappa shape index (κ1) is 13.0. The lowest BCUT2D eigenvalue weighted by Gasteiger charge is -2.04. The molecule has 0 fully saturated rings. The van der Waals surface area contributed by atoms with Crippen molar-refractivity contribution in [2.75, 3.05) is 5.32 Å². The van der Waals surface area contributed by atoms with Gasteiger partial charge in [-0.25, -0.2) is 4.79 Å². The second-order valence-electron chi connectivity index (χ2n) is 2.78. The fourth-order valence-electron chi connectivity index (χ4n) is 0.912. The highest BCUT2D eigenvalue weighted by Gasteiger charge is 2.03. The number of rotatable bonds is 3. The minimum Gasteiger partial charge on any atom is -0.478 e. The minimum absolute atomic E-state index is 0.406. The van der Waals surface area contributed by atoms with Crippen LogP contribution < -0.4 is 5.32 Å². The summed E-state index contributed by atoms with van der Waals surface area (Å²) in [5.41, 5.74) is 0.446. The number of carbonyl (C=O) groups excluding carboxylic acids is 1. The molecule has 0 radical (unpaired) electrons. The van der Waals surface area contributed by atoms with Gasteiger partial charge in [0, 0.05) is 15.7 Å². The normalized spacial score (nSPS) is 10.4. The van der Waals surface area contributed by atoms with E-state index in [2.05, 4.69) is 27.9 Å². The summed E-state index contributed by atoms with van der Waals surface area (Å²) < 4.78 is 0.946. The van der Waals surface area contributed by atoms with E-state index in [9.17, 15) is 9.59 Å². The van der Waals surface area contributed by atoms with E-state index in [1.165, 1.54) is 0 Å². The van der Waals surface area contributed by atoms with Gasteiger partial charge in [0.25, 0.3) is 0 Å². The van der Waals surface area contributed by atoms with Gasteiger partial charge >= 0.3 is 5.97 Å². The summed E-state index contributed by atoms with van der Waals surface area (Å²) in [6, 6.07) is 5.12. The predicted molar refractivity (Wildman–Crippen MR) is 69.6 cm³/mol. The Balaban J connectivity index is 2.73. The van der Waals surface area contributed by atoms with Crippen molar-refractivity contribution in [2.45, 2.75) is 0 Å². The minimum atomic E-state index is -1.18. The van der Waals surface area contributed by atoms with Crippen LogP contribution in [0.2, 0.25) is 5.02 Å². The molecule has 1 rings (SSSR count). The number of aliphatic carboxylic acids is 1. The van der Waals surface area contributed by atoms with Crippen molar-refractivity contribution in [2.24, 2.45) is 0 Å². The Hall–Kier alpha value is -1.08. The molecule has 0 unspecified atom stereocenters. The van der Waals surface area contributed by atoms with E-state index < -0.39 is 11.9 Å². The molecule has 0 aromatic heterocycles. The molecule has 0 saturated carbocycles. The average molecular weight is 352 g/mol. The first-order valence-electron chi connectivity index (χ1n) is 4.16. The second kappa shape index (κ2) is 5.86. The van der Waals surface area contributed by atoms with Crippen LogP contribution in [0.1, 0.15) is 0 Å². The fourth-order valence-corrected chi connectivity index (χ4v) is 1.82. The number of carbonyl (C=O) groups is 2. The molecular weight excluding hydrogens is 344 g/mol. The first-order valence-corrected chi connectivity index (χ1v) is 5.62. The quantitative estimate of drug-likeness (QED) is 0.649. The molecule has 2 N–H and O–H groups in total. The third kappa shape index (κ3) is 4.19. The monoisotopic (exact) mass is 351 g/mol. The zero-order chi connectivity index (χ0) is 12.1. The van der Waals surface area contributed by atoms with E-state index in [4.69, 9.17) is 16.7 Å². The van der Waals surface area contributed by atoms with Crippen LogP contribution in [0.15, 0.2) is 30.4 Å². The Morgan fingerprint density at radius 2 is 2.06 bits per heavy atom. The summed E-state index contributed by atoms with van der Waals surface area (Å²) in [5.74, 6) is -1.71. The molecule has 0 spiro atoms. The predicted octanol–water partition coefficient (Wildman–Crippen LogP) is 2.52. The number of amides is 1. The molecule has 0 aliphatic carbocycles. The van der Waals surface area contributed by atoms with Crippen LogP contribution in [-0.2, 0) is 9.59 Å². The van der Waals surface area contributed by atoms with Gasteiger partial charge in [0.15, 0.2) is 0 Å². The molecule has 4 nitrogen and oxygen atoms in total. The Bertz CT molecular complexity index is 459. The molecule has 1 aromatic carbocycles. The van der Waals surface area contributed by atoms with Crippen LogP contribution in [0.25, 0.3) is 0 Å². The fraction of sp³-hybridized carbons (Fsp3) is 0. The number of carboxylic acids is 1. The molecule has 16 heavy (non-hydrogen) atoms. The van der Waals surface area contributed by atoms with Gasteiger partial charge in [0.05, 0.1) is 10.7 Å². The van der Waals surface area contributed by atoms with Crippen LogP contribution in [0.3, 0.4) is 0 Å². The Morgan fingerprint density at radius 1 is 1.38 bits per heavy atom. The summed E-state index contributed by atoms with van der Waals surface area (Å²) in [6.45, 7) is 0. The van der Waals surface area contributed by atoms with E-state index >= 15 is 0 Å². The Kier molecular flexibility index (Phi) is 4.75. The van der Waals surface area contributed by atoms with Crippen molar-refractivity contribution in [1.82, 2.24) is 0 Å². The van der Waals surface area contributed by atoms with Gasteiger partial charge in [0.2, 0.25) is 5.91 Å². The smallest absolute Gasteiger partial charge is 0.328 e. The summed E-state index contributed by atoms with van der Waals surface area (Å²) in [5, 5.41) is 11.2. The highest BCUT2D eigenvalue weighted by molar-refractivity contribution is 14.1. The highest BCUT2D eigenvalue weighted by Crippen LogP contribution is 2.23. The van der Waals surface area contributed by atoms with Crippen molar-refractivity contribution < 1.29 is 14.7 Å². The van der Waals surface area contributed by atoms with Crippen LogP contribution in [0.4, 0.5) is 5.69 Å². The van der Waals surface area contributed by atoms with Crippen molar-refractivity contribution in [3.8, 4) is 0 Å². The number of anilines is 1. The van der Waals surface area contributed by atoms with E-state index in [1.807, 2.05) is 0 Å². The zero-order valence-corrected chi connectivity index (χ0v) is 10.8. The lowest BCUT2D eigenvalue weighted by atomic mass is 10.3. The van der Waals surface area contributed by atoms with Crippen molar-refractivity contribution >= 4 is 51.8 Å². The molecule has 1 aromatic rings. The number of halogens is 2.